The third kappa shape index (κ3) is 3.30. The largest absolute Gasteiger partial charge is 0.295 e. The van der Waals surface area contributed by atoms with Gasteiger partial charge in [-0.15, -0.1) is 11.3 Å². The predicted molar refractivity (Wildman–Crippen MR) is 77.3 cm³/mol. The van der Waals surface area contributed by atoms with E-state index in [0.29, 0.717) is 5.56 Å². The highest BCUT2D eigenvalue weighted by atomic mass is 32.2. The molecule has 1 N–H and O–H groups in total. The van der Waals surface area contributed by atoms with Crippen molar-refractivity contribution in [3.8, 4) is 0 Å². The number of carbonyl (C=O) groups is 1. The Morgan fingerprint density at radius 3 is 2.45 bits per heavy atom. The molecule has 20 heavy (non-hydrogen) atoms. The molecule has 0 aliphatic carbocycles. The van der Waals surface area contributed by atoms with E-state index in [0.717, 1.165) is 10.6 Å². The Labute approximate surface area is 121 Å². The van der Waals surface area contributed by atoms with Crippen molar-refractivity contribution in [2.45, 2.75) is 25.3 Å². The normalized spacial score (nSPS) is 11.5. The lowest BCUT2D eigenvalue weighted by atomic mass is 10.2. The van der Waals surface area contributed by atoms with Crippen LogP contribution in [-0.2, 0) is 16.6 Å². The monoisotopic (exact) mass is 310 g/mol. The Balaban J connectivity index is 2.14. The Morgan fingerprint density at radius 2 is 1.95 bits per heavy atom. The number of ketones is 1. The number of aromatic nitrogens is 1. The minimum atomic E-state index is -3.58. The van der Waals surface area contributed by atoms with Gasteiger partial charge in [0.2, 0.25) is 10.0 Å². The van der Waals surface area contributed by atoms with Crippen LogP contribution >= 0.6 is 11.3 Å². The number of aryl methyl sites for hydroxylation is 1. The van der Waals surface area contributed by atoms with Gasteiger partial charge < -0.3 is 0 Å². The number of carbonyl (C=O) groups excluding carboxylic acids is 1. The molecule has 0 saturated heterocycles. The second-order valence-electron chi connectivity index (χ2n) is 4.27. The zero-order chi connectivity index (χ0) is 14.8. The van der Waals surface area contributed by atoms with Crippen LogP contribution in [0.15, 0.2) is 34.7 Å². The van der Waals surface area contributed by atoms with Crippen LogP contribution in [0.5, 0.6) is 0 Å². The van der Waals surface area contributed by atoms with Gasteiger partial charge in [0.25, 0.3) is 0 Å². The van der Waals surface area contributed by atoms with Gasteiger partial charge in [0.1, 0.15) is 0 Å². The number of nitrogens with one attached hydrogen (secondary N) is 1. The minimum Gasteiger partial charge on any atom is -0.295 e. The molecule has 7 heteroatoms. The van der Waals surface area contributed by atoms with Crippen LogP contribution in [0, 0.1) is 6.92 Å². The molecule has 0 atom stereocenters. The summed E-state index contributed by atoms with van der Waals surface area (Å²) in [7, 11) is -3.58. The fourth-order valence-electron chi connectivity index (χ4n) is 1.61. The van der Waals surface area contributed by atoms with Crippen molar-refractivity contribution in [3.05, 3.63) is 45.9 Å². The van der Waals surface area contributed by atoms with Gasteiger partial charge in [-0.05, 0) is 26.0 Å². The third-order valence-electron chi connectivity index (χ3n) is 2.84. The van der Waals surface area contributed by atoms with Gasteiger partial charge in [-0.1, -0.05) is 12.1 Å². The lowest BCUT2D eigenvalue weighted by Gasteiger charge is -2.06. The molecule has 2 aromatic rings. The van der Waals surface area contributed by atoms with Crippen molar-refractivity contribution in [1.29, 1.82) is 0 Å². The first-order valence-corrected chi connectivity index (χ1v) is 8.26. The summed E-state index contributed by atoms with van der Waals surface area (Å²) in [4.78, 5) is 16.2. The number of Topliss-reactive ketones (excluding diaryl/α,β-unsaturated/α-hetero) is 1. The lowest BCUT2D eigenvalue weighted by molar-refractivity contribution is 0.101. The number of hydrogen-bond acceptors (Lipinski definition) is 5. The summed E-state index contributed by atoms with van der Waals surface area (Å²) in [5.74, 6) is -0.0952. The Bertz CT molecular complexity index is 718. The number of rotatable bonds is 5. The summed E-state index contributed by atoms with van der Waals surface area (Å²) >= 11 is 1.41. The van der Waals surface area contributed by atoms with Crippen LogP contribution < -0.4 is 4.72 Å². The zero-order valence-electron chi connectivity index (χ0n) is 11.1. The van der Waals surface area contributed by atoms with Crippen molar-refractivity contribution < 1.29 is 13.2 Å². The van der Waals surface area contributed by atoms with E-state index in [1.54, 1.807) is 5.51 Å². The smallest absolute Gasteiger partial charge is 0.240 e. The highest BCUT2D eigenvalue weighted by Gasteiger charge is 2.15. The van der Waals surface area contributed by atoms with Crippen molar-refractivity contribution in [3.63, 3.8) is 0 Å². The minimum absolute atomic E-state index is 0.0952. The Morgan fingerprint density at radius 1 is 1.30 bits per heavy atom. The molecule has 0 saturated carbocycles. The summed E-state index contributed by atoms with van der Waals surface area (Å²) < 4.78 is 26.7. The average molecular weight is 310 g/mol. The van der Waals surface area contributed by atoms with Crippen LogP contribution in [-0.4, -0.2) is 19.2 Å². The van der Waals surface area contributed by atoms with Crippen molar-refractivity contribution in [1.82, 2.24) is 9.71 Å². The summed E-state index contributed by atoms with van der Waals surface area (Å²) in [5.41, 5.74) is 2.99. The van der Waals surface area contributed by atoms with Gasteiger partial charge >= 0.3 is 0 Å². The van der Waals surface area contributed by atoms with Crippen molar-refractivity contribution in [2.75, 3.05) is 0 Å². The van der Waals surface area contributed by atoms with Crippen LogP contribution in [0.25, 0.3) is 0 Å². The first kappa shape index (κ1) is 14.8. The van der Waals surface area contributed by atoms with Gasteiger partial charge in [0.15, 0.2) is 5.78 Å². The first-order chi connectivity index (χ1) is 9.40. The molecule has 1 aromatic heterocycles. The fourth-order valence-corrected chi connectivity index (χ4v) is 3.41. The van der Waals surface area contributed by atoms with Gasteiger partial charge in [0, 0.05) is 17.0 Å². The molecule has 0 aliphatic heterocycles. The summed E-state index contributed by atoms with van der Waals surface area (Å²) in [5, 5.41) is 0. The summed E-state index contributed by atoms with van der Waals surface area (Å²) in [6, 6.07) is 5.88. The highest BCUT2D eigenvalue weighted by Crippen LogP contribution is 2.15. The maximum Gasteiger partial charge on any atom is 0.240 e. The second kappa shape index (κ2) is 5.82. The number of hydrogen-bond donors (Lipinski definition) is 1. The van der Waals surface area contributed by atoms with E-state index in [-0.39, 0.29) is 17.2 Å². The van der Waals surface area contributed by atoms with Gasteiger partial charge in [-0.3, -0.25) is 4.79 Å². The van der Waals surface area contributed by atoms with Crippen LogP contribution in [0.2, 0.25) is 0 Å². The molecule has 106 valence electrons. The third-order valence-corrected chi connectivity index (χ3v) is 5.19. The molecule has 1 aromatic carbocycles. The fraction of sp³-hybridized carbons (Fsp3) is 0.231. The predicted octanol–water partition coefficient (Wildman–Crippen LogP) is 2.13. The zero-order valence-corrected chi connectivity index (χ0v) is 12.7. The maximum atomic E-state index is 12.1. The van der Waals surface area contributed by atoms with Gasteiger partial charge in [-0.2, -0.15) is 0 Å². The molecule has 1 heterocycles. The standard InChI is InChI=1S/C13H14N2O3S2/c1-9-13(19-8-14-9)7-15-20(17,18)12-5-3-11(4-6-12)10(2)16/h3-6,8,15H,7H2,1-2H3. The van der Waals surface area contributed by atoms with E-state index < -0.39 is 10.0 Å². The quantitative estimate of drug-likeness (QED) is 0.858. The maximum absolute atomic E-state index is 12.1. The molecule has 5 nitrogen and oxygen atoms in total. The lowest BCUT2D eigenvalue weighted by Crippen LogP contribution is -2.23. The van der Waals surface area contributed by atoms with Crippen LogP contribution in [0.3, 0.4) is 0 Å². The second-order valence-corrected chi connectivity index (χ2v) is 6.97. The van der Waals surface area contributed by atoms with E-state index >= 15 is 0 Å². The van der Waals surface area contributed by atoms with E-state index in [1.807, 2.05) is 6.92 Å². The highest BCUT2D eigenvalue weighted by molar-refractivity contribution is 7.89. The molecule has 0 unspecified atom stereocenters. The van der Waals surface area contributed by atoms with E-state index in [9.17, 15) is 13.2 Å². The summed E-state index contributed by atoms with van der Waals surface area (Å²) in [6.45, 7) is 3.49. The van der Waals surface area contributed by atoms with Crippen LogP contribution in [0.1, 0.15) is 27.9 Å². The van der Waals surface area contributed by atoms with Gasteiger partial charge in [-0.25, -0.2) is 18.1 Å². The van der Waals surface area contributed by atoms with E-state index in [2.05, 4.69) is 9.71 Å². The molecule has 0 aliphatic rings. The first-order valence-electron chi connectivity index (χ1n) is 5.90. The van der Waals surface area contributed by atoms with Crippen molar-refractivity contribution >= 4 is 27.1 Å². The number of sulfonamides is 1. The molecular formula is C13H14N2O3S2. The average Bonchev–Trinajstić information content (AvgIpc) is 2.82. The molecule has 2 rings (SSSR count). The molecule has 0 radical (unpaired) electrons. The van der Waals surface area contributed by atoms with Crippen LogP contribution in [0.4, 0.5) is 0 Å². The number of benzene rings is 1. The molecule has 0 spiro atoms. The molecule has 0 bridgehead atoms. The Kier molecular flexibility index (Phi) is 4.32. The topological polar surface area (TPSA) is 76.1 Å². The van der Waals surface area contributed by atoms with Gasteiger partial charge in [0.05, 0.1) is 16.1 Å². The summed E-state index contributed by atoms with van der Waals surface area (Å²) in [6.07, 6.45) is 0. The van der Waals surface area contributed by atoms with E-state index in [1.165, 1.54) is 42.5 Å². The Hall–Kier alpha value is -1.57. The molecular weight excluding hydrogens is 296 g/mol. The van der Waals surface area contributed by atoms with E-state index in [4.69, 9.17) is 0 Å². The SMILES string of the molecule is CC(=O)c1ccc(S(=O)(=O)NCc2scnc2C)cc1. The number of thiazole rings is 1. The number of nitrogens with zero attached hydrogens (tertiary/aromatic N) is 1. The van der Waals surface area contributed by atoms with Crippen molar-refractivity contribution in [2.24, 2.45) is 0 Å². The molecule has 0 amide bonds. The molecule has 0 fully saturated rings.